The second-order valence-electron chi connectivity index (χ2n) is 9.36. The summed E-state index contributed by atoms with van der Waals surface area (Å²) in [5.41, 5.74) is 0. The SMILES string of the molecule is CCCCCCCC[N+](C)(CCCCCCCC)CCCCCCCC.O=C([O-])O.[Cl-].[Cs+]. The van der Waals surface area contributed by atoms with Crippen LogP contribution in [0.4, 0.5) is 4.79 Å². The van der Waals surface area contributed by atoms with Crippen LogP contribution in [0, 0.1) is 0 Å². The van der Waals surface area contributed by atoms with Crippen LogP contribution in [0.25, 0.3) is 0 Å². The van der Waals surface area contributed by atoms with Gasteiger partial charge >= 0.3 is 68.9 Å². The van der Waals surface area contributed by atoms with Crippen LogP contribution in [-0.2, 0) is 0 Å². The van der Waals surface area contributed by atoms with Crippen LogP contribution in [0.2, 0.25) is 0 Å². The molecule has 0 heterocycles. The zero-order valence-corrected chi connectivity index (χ0v) is 29.5. The van der Waals surface area contributed by atoms with Crippen molar-refractivity contribution in [1.29, 1.82) is 0 Å². The molecule has 6 heteroatoms. The molecule has 0 aromatic rings. The molecule has 0 saturated heterocycles. The molecule has 0 saturated carbocycles. The molecule has 190 valence electrons. The molecule has 0 fully saturated rings. The van der Waals surface area contributed by atoms with Crippen LogP contribution in [0.15, 0.2) is 0 Å². The second-order valence-corrected chi connectivity index (χ2v) is 9.36. The average Bonchev–Trinajstić information content (AvgIpc) is 2.70. The Hall–Kier alpha value is 1.57. The summed E-state index contributed by atoms with van der Waals surface area (Å²) >= 11 is 0. The van der Waals surface area contributed by atoms with E-state index in [4.69, 9.17) is 15.0 Å². The Labute approximate surface area is 266 Å². The third-order valence-corrected chi connectivity index (χ3v) is 6.15. The van der Waals surface area contributed by atoms with E-state index in [-0.39, 0.29) is 81.3 Å². The predicted molar refractivity (Wildman–Crippen MR) is 129 cm³/mol. The molecule has 0 spiro atoms. The van der Waals surface area contributed by atoms with Gasteiger partial charge in [0.25, 0.3) is 0 Å². The topological polar surface area (TPSA) is 60.4 Å². The molecule has 0 unspecified atom stereocenters. The standard InChI is InChI=1S/C25H54N.CH2O3.ClH.Cs/c1-5-8-11-14-17-20-23-26(4,24-21-18-15-12-9-6-2)25-22-19-16-13-10-7-3;2-1(3)4;;/h5-25H2,1-4H3;(H2,2,3,4);1H;/q+1;;;+1/p-2. The predicted octanol–water partition coefficient (Wildman–Crippen LogP) is 1.41. The Kier molecular flexibility index (Phi) is 41.5. The number of hydrogen-bond donors (Lipinski definition) is 1. The minimum Gasteiger partial charge on any atom is -1.00 e. The summed E-state index contributed by atoms with van der Waals surface area (Å²) in [6.07, 6.45) is 23.8. The molecule has 0 bridgehead atoms. The maximum absolute atomic E-state index is 8.44. The fraction of sp³-hybridized carbons (Fsp3) is 0.962. The van der Waals surface area contributed by atoms with Gasteiger partial charge in [0.05, 0.1) is 26.7 Å². The van der Waals surface area contributed by atoms with Gasteiger partial charge in [0.1, 0.15) is 0 Å². The second kappa shape index (κ2) is 32.6. The Morgan fingerprint density at radius 2 is 0.781 bits per heavy atom. The van der Waals surface area contributed by atoms with Crippen LogP contribution in [0.5, 0.6) is 0 Å². The van der Waals surface area contributed by atoms with Crippen molar-refractivity contribution < 1.29 is 101 Å². The summed E-state index contributed by atoms with van der Waals surface area (Å²) < 4.78 is 1.36. The Morgan fingerprint density at radius 3 is 1.00 bits per heavy atom. The zero-order valence-electron chi connectivity index (χ0n) is 22.4. The molecule has 0 aliphatic carbocycles. The molecule has 1 N–H and O–H groups in total. The molecule has 0 amide bonds. The normalized spacial score (nSPS) is 10.5. The Bertz CT molecular complexity index is 315. The molecule has 0 aromatic carbocycles. The minimum atomic E-state index is -2.08. The van der Waals surface area contributed by atoms with Gasteiger partial charge in [-0.25, -0.2) is 0 Å². The van der Waals surface area contributed by atoms with Crippen molar-refractivity contribution in [2.75, 3.05) is 26.7 Å². The van der Waals surface area contributed by atoms with Crippen LogP contribution in [0.1, 0.15) is 136 Å². The number of carboxylic acid groups (broad SMARTS) is 2. The minimum absolute atomic E-state index is 0. The van der Waals surface area contributed by atoms with Gasteiger partial charge in [-0.2, -0.15) is 0 Å². The van der Waals surface area contributed by atoms with E-state index < -0.39 is 6.16 Å². The van der Waals surface area contributed by atoms with Crippen LogP contribution < -0.4 is 86.4 Å². The van der Waals surface area contributed by atoms with Gasteiger partial charge in [0.2, 0.25) is 6.16 Å². The number of halogens is 1. The Morgan fingerprint density at radius 1 is 0.594 bits per heavy atom. The summed E-state index contributed by atoms with van der Waals surface area (Å²) in [5.74, 6) is 0. The van der Waals surface area contributed by atoms with Crippen molar-refractivity contribution in [3.63, 3.8) is 0 Å². The first-order chi connectivity index (χ1) is 14.4. The van der Waals surface area contributed by atoms with Crippen molar-refractivity contribution in [3.8, 4) is 0 Å². The van der Waals surface area contributed by atoms with Gasteiger partial charge in [-0.15, -0.1) is 0 Å². The molecule has 4 nitrogen and oxygen atoms in total. The largest absolute Gasteiger partial charge is 1.00 e. The fourth-order valence-corrected chi connectivity index (χ4v) is 4.16. The molecule has 0 atom stereocenters. The van der Waals surface area contributed by atoms with E-state index in [1.54, 1.807) is 0 Å². The first-order valence-corrected chi connectivity index (χ1v) is 13.1. The van der Waals surface area contributed by atoms with Crippen LogP contribution in [-0.4, -0.2) is 42.4 Å². The third-order valence-electron chi connectivity index (χ3n) is 6.15. The fourth-order valence-electron chi connectivity index (χ4n) is 4.16. The first kappa shape index (κ1) is 40.7. The van der Waals surface area contributed by atoms with Crippen molar-refractivity contribution in [2.45, 2.75) is 136 Å². The van der Waals surface area contributed by atoms with Gasteiger partial charge in [-0.05, 0) is 38.5 Å². The number of unbranched alkanes of at least 4 members (excludes halogenated alkanes) is 15. The van der Waals surface area contributed by atoms with E-state index in [1.807, 2.05) is 0 Å². The maximum atomic E-state index is 8.44. The summed E-state index contributed by atoms with van der Waals surface area (Å²) in [5, 5.41) is 15.3. The van der Waals surface area contributed by atoms with E-state index >= 15 is 0 Å². The molecule has 0 aliphatic heterocycles. The number of carbonyl (C=O) groups is 1. The van der Waals surface area contributed by atoms with Gasteiger partial charge in [-0.3, -0.25) is 0 Å². The zero-order chi connectivity index (χ0) is 22.9. The van der Waals surface area contributed by atoms with Crippen molar-refractivity contribution in [2.24, 2.45) is 0 Å². The van der Waals surface area contributed by atoms with Crippen molar-refractivity contribution >= 4 is 6.16 Å². The van der Waals surface area contributed by atoms with E-state index in [0.29, 0.717) is 0 Å². The van der Waals surface area contributed by atoms with Gasteiger partial charge in [0, 0.05) is 0 Å². The number of quaternary nitrogens is 1. The number of nitrogens with zero attached hydrogens (tertiary/aromatic N) is 1. The molecule has 0 aromatic heterocycles. The monoisotopic (exact) mass is 597 g/mol. The van der Waals surface area contributed by atoms with Crippen molar-refractivity contribution in [3.05, 3.63) is 0 Å². The van der Waals surface area contributed by atoms with Gasteiger partial charge < -0.3 is 31.9 Å². The summed E-state index contributed by atoms with van der Waals surface area (Å²) in [6.45, 7) is 11.2. The third kappa shape index (κ3) is 36.1. The maximum Gasteiger partial charge on any atom is 1.00 e. The quantitative estimate of drug-likeness (QED) is 0.161. The Balaban J connectivity index is -0.000000598. The smallest absolute Gasteiger partial charge is 1.00 e. The molecule has 0 aliphatic rings. The van der Waals surface area contributed by atoms with E-state index in [9.17, 15) is 0 Å². The first-order valence-electron chi connectivity index (χ1n) is 13.1. The van der Waals surface area contributed by atoms with E-state index in [1.165, 1.54) is 140 Å². The summed E-state index contributed by atoms with van der Waals surface area (Å²) in [6, 6.07) is 0. The van der Waals surface area contributed by atoms with E-state index in [2.05, 4.69) is 27.8 Å². The average molecular weight is 598 g/mol. The molecular weight excluding hydrogens is 543 g/mol. The van der Waals surface area contributed by atoms with E-state index in [0.717, 1.165) is 0 Å². The number of hydrogen-bond acceptors (Lipinski definition) is 2. The molecule has 0 radical (unpaired) electrons. The number of rotatable bonds is 21. The molecule has 32 heavy (non-hydrogen) atoms. The molecule has 0 rings (SSSR count). The van der Waals surface area contributed by atoms with Gasteiger partial charge in [-0.1, -0.05) is 97.8 Å². The van der Waals surface area contributed by atoms with Crippen LogP contribution >= 0.6 is 0 Å². The van der Waals surface area contributed by atoms with Crippen molar-refractivity contribution in [1.82, 2.24) is 0 Å². The van der Waals surface area contributed by atoms with Crippen LogP contribution in [0.3, 0.4) is 0 Å². The summed E-state index contributed by atoms with van der Waals surface area (Å²) in [7, 11) is 2.56. The van der Waals surface area contributed by atoms with Gasteiger partial charge in [0.15, 0.2) is 0 Å². The summed E-state index contributed by atoms with van der Waals surface area (Å²) in [4.78, 5) is 8.44. The molecular formula is C26H55ClCsNO3.